The van der Waals surface area contributed by atoms with Crippen LogP contribution in [0.25, 0.3) is 0 Å². The number of allylic oxidation sites excluding steroid dienone is 2. The highest BCUT2D eigenvalue weighted by Crippen LogP contribution is 2.67. The fraction of sp³-hybridized carbons (Fsp3) is 0.571. The normalized spacial score (nSPS) is 43.0. The molecule has 4 nitrogen and oxygen atoms in total. The Kier molecular flexibility index (Phi) is 2.22. The van der Waals surface area contributed by atoms with Crippen molar-refractivity contribution in [1.82, 2.24) is 0 Å². The lowest BCUT2D eigenvalue weighted by Crippen LogP contribution is -2.44. The molecule has 1 fully saturated rings. The number of carbonyl (C=O) groups excluding carboxylic acids is 2. The first-order valence-electron chi connectivity index (χ1n) is 6.15. The molecule has 0 heterocycles. The van der Waals surface area contributed by atoms with Gasteiger partial charge in [0.25, 0.3) is 0 Å². The number of ether oxygens (including phenoxy) is 2. The van der Waals surface area contributed by atoms with Crippen LogP contribution >= 0.6 is 0 Å². The van der Waals surface area contributed by atoms with Gasteiger partial charge in [0.1, 0.15) is 0 Å². The summed E-state index contributed by atoms with van der Waals surface area (Å²) >= 11 is 0. The van der Waals surface area contributed by atoms with E-state index in [-0.39, 0.29) is 23.8 Å². The molecule has 96 valence electrons. The van der Waals surface area contributed by atoms with E-state index in [1.165, 1.54) is 14.2 Å². The predicted molar refractivity (Wildman–Crippen MR) is 63.4 cm³/mol. The lowest BCUT2D eigenvalue weighted by Gasteiger charge is -2.36. The Labute approximate surface area is 106 Å². The van der Waals surface area contributed by atoms with Gasteiger partial charge in [0.15, 0.2) is 0 Å². The van der Waals surface area contributed by atoms with Crippen LogP contribution in [0.1, 0.15) is 12.8 Å². The van der Waals surface area contributed by atoms with Crippen LogP contribution in [0.3, 0.4) is 0 Å². The maximum atomic E-state index is 12.2. The van der Waals surface area contributed by atoms with E-state index < -0.39 is 10.8 Å². The van der Waals surface area contributed by atoms with Crippen LogP contribution in [0.4, 0.5) is 0 Å². The molecule has 0 aromatic carbocycles. The summed E-state index contributed by atoms with van der Waals surface area (Å²) in [5.41, 5.74) is -1.30. The van der Waals surface area contributed by atoms with Crippen LogP contribution < -0.4 is 0 Å². The lowest BCUT2D eigenvalue weighted by molar-refractivity contribution is -0.158. The van der Waals surface area contributed by atoms with Crippen molar-refractivity contribution in [3.05, 3.63) is 24.3 Å². The van der Waals surface area contributed by atoms with Crippen molar-refractivity contribution in [1.29, 1.82) is 0 Å². The second-order valence-corrected chi connectivity index (χ2v) is 5.32. The third-order valence-electron chi connectivity index (χ3n) is 4.87. The molecule has 0 spiro atoms. The molecule has 0 aromatic rings. The molecular formula is C14H16O4. The average Bonchev–Trinajstić information content (AvgIpc) is 3.06. The fourth-order valence-electron chi connectivity index (χ4n) is 4.13. The van der Waals surface area contributed by atoms with Gasteiger partial charge in [0.2, 0.25) is 0 Å². The minimum Gasteiger partial charge on any atom is -0.468 e. The summed E-state index contributed by atoms with van der Waals surface area (Å²) in [5, 5.41) is 0. The van der Waals surface area contributed by atoms with Crippen molar-refractivity contribution >= 4 is 11.9 Å². The van der Waals surface area contributed by atoms with Gasteiger partial charge in [-0.2, -0.15) is 0 Å². The topological polar surface area (TPSA) is 52.6 Å². The van der Waals surface area contributed by atoms with Gasteiger partial charge in [-0.25, -0.2) is 0 Å². The average molecular weight is 248 g/mol. The van der Waals surface area contributed by atoms with Crippen molar-refractivity contribution < 1.29 is 19.1 Å². The summed E-state index contributed by atoms with van der Waals surface area (Å²) in [7, 11) is 2.81. The first-order chi connectivity index (χ1) is 8.61. The van der Waals surface area contributed by atoms with Gasteiger partial charge in [-0.15, -0.1) is 0 Å². The minimum atomic E-state index is -0.655. The Morgan fingerprint density at radius 1 is 1.17 bits per heavy atom. The van der Waals surface area contributed by atoms with Crippen LogP contribution in [-0.4, -0.2) is 26.2 Å². The largest absolute Gasteiger partial charge is 0.468 e. The number of rotatable bonds is 2. The first-order valence-corrected chi connectivity index (χ1v) is 6.15. The van der Waals surface area contributed by atoms with E-state index in [4.69, 9.17) is 9.47 Å². The number of methoxy groups -OCH3 is 2. The molecule has 0 saturated heterocycles. The van der Waals surface area contributed by atoms with E-state index in [0.29, 0.717) is 6.42 Å². The molecule has 3 aliphatic rings. The second kappa shape index (κ2) is 3.46. The van der Waals surface area contributed by atoms with E-state index in [2.05, 4.69) is 0 Å². The molecule has 2 bridgehead atoms. The monoisotopic (exact) mass is 248 g/mol. The molecule has 1 saturated carbocycles. The Bertz CT molecular complexity index is 478. The highest BCUT2D eigenvalue weighted by molar-refractivity contribution is 5.89. The maximum absolute atomic E-state index is 12.2. The quantitative estimate of drug-likeness (QED) is 0.548. The molecule has 3 aliphatic carbocycles. The van der Waals surface area contributed by atoms with Gasteiger partial charge in [-0.05, 0) is 18.8 Å². The highest BCUT2D eigenvalue weighted by atomic mass is 16.5. The van der Waals surface area contributed by atoms with E-state index in [0.717, 1.165) is 6.42 Å². The number of carbonyl (C=O) groups is 2. The zero-order chi connectivity index (χ0) is 13.0. The van der Waals surface area contributed by atoms with Crippen molar-refractivity contribution in [2.24, 2.45) is 22.7 Å². The molecule has 3 rings (SSSR count). The van der Waals surface area contributed by atoms with E-state index in [1.54, 1.807) is 0 Å². The maximum Gasteiger partial charge on any atom is 0.316 e. The SMILES string of the molecule is COC(=O)[C@]12C=CC[C@H]1[C@@]1(C(=O)OC)C=C[C@@H]2C1. The number of fused-ring (bicyclic) bond motifs is 5. The molecule has 0 aromatic heterocycles. The zero-order valence-electron chi connectivity index (χ0n) is 10.5. The number of hydrogen-bond acceptors (Lipinski definition) is 4. The third kappa shape index (κ3) is 1.02. The van der Waals surface area contributed by atoms with Gasteiger partial charge < -0.3 is 9.47 Å². The number of hydrogen-bond donors (Lipinski definition) is 0. The third-order valence-corrected chi connectivity index (χ3v) is 4.87. The highest BCUT2D eigenvalue weighted by Gasteiger charge is 2.70. The smallest absolute Gasteiger partial charge is 0.316 e. The van der Waals surface area contributed by atoms with E-state index in [9.17, 15) is 9.59 Å². The summed E-state index contributed by atoms with van der Waals surface area (Å²) in [6, 6.07) is 0. The molecule has 18 heavy (non-hydrogen) atoms. The second-order valence-electron chi connectivity index (χ2n) is 5.32. The summed E-state index contributed by atoms with van der Waals surface area (Å²) in [5.74, 6) is -0.477. The Balaban J connectivity index is 2.10. The molecule has 0 radical (unpaired) electrons. The molecule has 0 unspecified atom stereocenters. The Morgan fingerprint density at radius 3 is 2.56 bits per heavy atom. The molecule has 4 atom stereocenters. The molecule has 0 amide bonds. The molecule has 4 heteroatoms. The summed E-state index contributed by atoms with van der Waals surface area (Å²) in [4.78, 5) is 24.3. The molecule has 0 N–H and O–H groups in total. The summed E-state index contributed by atoms with van der Waals surface area (Å²) in [6.45, 7) is 0. The number of esters is 2. The molecular weight excluding hydrogens is 232 g/mol. The molecule has 0 aliphatic heterocycles. The lowest BCUT2D eigenvalue weighted by atomic mass is 9.66. The predicted octanol–water partition coefficient (Wildman–Crippen LogP) is 1.47. The Morgan fingerprint density at radius 2 is 1.89 bits per heavy atom. The van der Waals surface area contributed by atoms with Crippen LogP contribution in [0.2, 0.25) is 0 Å². The van der Waals surface area contributed by atoms with Crippen LogP contribution in [-0.2, 0) is 19.1 Å². The van der Waals surface area contributed by atoms with Gasteiger partial charge in [-0.1, -0.05) is 24.3 Å². The van der Waals surface area contributed by atoms with Crippen LogP contribution in [0, 0.1) is 22.7 Å². The summed E-state index contributed by atoms with van der Waals surface area (Å²) in [6.07, 6.45) is 9.21. The minimum absolute atomic E-state index is 0.0489. The van der Waals surface area contributed by atoms with Gasteiger partial charge in [-0.3, -0.25) is 9.59 Å². The Hall–Kier alpha value is -1.58. The first kappa shape index (κ1) is 11.5. The van der Waals surface area contributed by atoms with E-state index >= 15 is 0 Å². The van der Waals surface area contributed by atoms with Crippen molar-refractivity contribution in [3.63, 3.8) is 0 Å². The zero-order valence-corrected chi connectivity index (χ0v) is 10.5. The van der Waals surface area contributed by atoms with Gasteiger partial charge >= 0.3 is 11.9 Å². The van der Waals surface area contributed by atoms with Crippen molar-refractivity contribution in [2.75, 3.05) is 14.2 Å². The van der Waals surface area contributed by atoms with Crippen molar-refractivity contribution in [3.8, 4) is 0 Å². The van der Waals surface area contributed by atoms with Gasteiger partial charge in [0.05, 0.1) is 25.0 Å². The van der Waals surface area contributed by atoms with E-state index in [1.807, 2.05) is 24.3 Å². The van der Waals surface area contributed by atoms with Gasteiger partial charge in [0, 0.05) is 5.92 Å². The standard InChI is InChI=1S/C14H16O4/c1-17-11(15)13-7-5-9(8-13)14(12(16)18-2)6-3-4-10(13)14/h3,5-7,9-10H,4,8H2,1-2H3/t9-,10+,13-,14+/m1/s1. The van der Waals surface area contributed by atoms with Crippen molar-refractivity contribution in [2.45, 2.75) is 12.8 Å². The van der Waals surface area contributed by atoms with Crippen LogP contribution in [0.15, 0.2) is 24.3 Å². The summed E-state index contributed by atoms with van der Waals surface area (Å²) < 4.78 is 9.93. The van der Waals surface area contributed by atoms with Crippen LogP contribution in [0.5, 0.6) is 0 Å². The fourth-order valence-corrected chi connectivity index (χ4v) is 4.13.